The molecule has 0 amide bonds. The third kappa shape index (κ3) is 3.18. The van der Waals surface area contributed by atoms with Gasteiger partial charge in [0.1, 0.15) is 5.78 Å². The van der Waals surface area contributed by atoms with Gasteiger partial charge >= 0.3 is 0 Å². The van der Waals surface area contributed by atoms with Crippen LogP contribution in [0.25, 0.3) is 0 Å². The second kappa shape index (κ2) is 5.74. The summed E-state index contributed by atoms with van der Waals surface area (Å²) in [6.45, 7) is 1.58. The maximum atomic E-state index is 11.3. The Morgan fingerprint density at radius 3 is 2.62 bits per heavy atom. The van der Waals surface area contributed by atoms with E-state index in [0.29, 0.717) is 17.7 Å². The maximum Gasteiger partial charge on any atom is 0.140 e. The van der Waals surface area contributed by atoms with E-state index in [0.717, 1.165) is 0 Å². The number of para-hydroxylation sites is 1. The number of Topliss-reactive ketones (excluding diaryl/α,β-unsaturated/α-hetero) is 1. The molecular formula is C9H12CoN2O. The van der Waals surface area contributed by atoms with Crippen LogP contribution < -0.4 is 11.5 Å². The number of carbonyl (C=O) groups excluding carboxylic acids is 1. The van der Waals surface area contributed by atoms with E-state index in [1.807, 2.05) is 0 Å². The molecule has 0 aliphatic carbocycles. The van der Waals surface area contributed by atoms with Gasteiger partial charge in [0.05, 0.1) is 0 Å². The third-order valence-electron chi connectivity index (χ3n) is 1.59. The van der Waals surface area contributed by atoms with Gasteiger partial charge < -0.3 is 11.5 Å². The average Bonchev–Trinajstić information content (AvgIpc) is 2.05. The Morgan fingerprint density at radius 2 is 2.08 bits per heavy atom. The van der Waals surface area contributed by atoms with Crippen LogP contribution in [0, 0.1) is 6.54 Å². The average molecular weight is 223 g/mol. The van der Waals surface area contributed by atoms with Gasteiger partial charge in [0, 0.05) is 28.0 Å². The first-order chi connectivity index (χ1) is 5.75. The van der Waals surface area contributed by atoms with E-state index in [1.165, 1.54) is 0 Å². The normalized spacial score (nSPS) is 9.00. The summed E-state index contributed by atoms with van der Waals surface area (Å²) in [6.07, 6.45) is 0.341. The number of carbonyl (C=O) groups is 1. The van der Waals surface area contributed by atoms with Gasteiger partial charge in [-0.15, -0.1) is 6.54 Å². The predicted molar refractivity (Wildman–Crippen MR) is 47.0 cm³/mol. The second-order valence-corrected chi connectivity index (χ2v) is 2.50. The molecule has 0 bridgehead atoms. The SMILES string of the molecule is Nc1ccccc1C(=O)C[CH-][NH3+].[Co]. The molecule has 1 rings (SSSR count). The monoisotopic (exact) mass is 223 g/mol. The molecule has 0 aliphatic heterocycles. The van der Waals surface area contributed by atoms with E-state index < -0.39 is 0 Å². The van der Waals surface area contributed by atoms with Crippen molar-refractivity contribution in [2.45, 2.75) is 6.42 Å². The Kier molecular flexibility index (Phi) is 5.37. The molecule has 1 aromatic carbocycles. The minimum atomic E-state index is 0. The Hall–Kier alpha value is -0.844. The van der Waals surface area contributed by atoms with Crippen molar-refractivity contribution in [1.82, 2.24) is 0 Å². The number of ketones is 1. The number of benzene rings is 1. The van der Waals surface area contributed by atoms with E-state index in [4.69, 9.17) is 5.73 Å². The van der Waals surface area contributed by atoms with Crippen LogP contribution in [-0.4, -0.2) is 5.78 Å². The van der Waals surface area contributed by atoms with Crippen LogP contribution in [0.3, 0.4) is 0 Å². The maximum absolute atomic E-state index is 11.3. The predicted octanol–water partition coefficient (Wildman–Crippen LogP) is 0.243. The standard InChI is InChI=1S/C9H12N2O.Co/c10-6-5-9(12)7-3-1-2-4-8(7)11;/h1-4,6H,5,11H2,10H3;. The van der Waals surface area contributed by atoms with Crippen molar-refractivity contribution >= 4 is 11.5 Å². The topological polar surface area (TPSA) is 70.7 Å². The van der Waals surface area contributed by atoms with E-state index in [9.17, 15) is 4.79 Å². The number of quaternary nitrogens is 1. The van der Waals surface area contributed by atoms with E-state index >= 15 is 0 Å². The van der Waals surface area contributed by atoms with Crippen molar-refractivity contribution in [3.63, 3.8) is 0 Å². The Balaban J connectivity index is 0.00000144. The van der Waals surface area contributed by atoms with E-state index in [2.05, 4.69) is 5.73 Å². The van der Waals surface area contributed by atoms with Gasteiger partial charge in [0.2, 0.25) is 0 Å². The smallest absolute Gasteiger partial charge is 0.140 e. The molecule has 1 radical (unpaired) electrons. The van der Waals surface area contributed by atoms with Crippen LogP contribution in [0.1, 0.15) is 16.8 Å². The van der Waals surface area contributed by atoms with Gasteiger partial charge in [0.25, 0.3) is 0 Å². The van der Waals surface area contributed by atoms with Gasteiger partial charge in [0.15, 0.2) is 0 Å². The summed E-state index contributed by atoms with van der Waals surface area (Å²) < 4.78 is 0. The Morgan fingerprint density at radius 1 is 1.46 bits per heavy atom. The molecule has 0 saturated heterocycles. The Labute approximate surface area is 87.7 Å². The molecule has 0 saturated carbocycles. The number of rotatable bonds is 3. The molecule has 13 heavy (non-hydrogen) atoms. The molecule has 3 nitrogen and oxygen atoms in total. The number of anilines is 1. The van der Waals surface area contributed by atoms with Crippen molar-refractivity contribution < 1.29 is 27.3 Å². The minimum absolute atomic E-state index is 0. The zero-order chi connectivity index (χ0) is 8.97. The fraction of sp³-hybridized carbons (Fsp3) is 0.111. The van der Waals surface area contributed by atoms with Crippen LogP contribution in [0.5, 0.6) is 0 Å². The van der Waals surface area contributed by atoms with E-state index in [1.54, 1.807) is 30.8 Å². The minimum Gasteiger partial charge on any atom is -0.487 e. The van der Waals surface area contributed by atoms with Crippen LogP contribution >= 0.6 is 0 Å². The zero-order valence-corrected chi connectivity index (χ0v) is 8.16. The van der Waals surface area contributed by atoms with Crippen molar-refractivity contribution in [3.8, 4) is 0 Å². The molecule has 73 valence electrons. The summed E-state index contributed by atoms with van der Waals surface area (Å²) in [5.74, 6) is 0.0168. The molecule has 0 spiro atoms. The number of nitrogens with two attached hydrogens (primary N) is 1. The summed E-state index contributed by atoms with van der Waals surface area (Å²) in [5, 5.41) is 0. The molecule has 0 fully saturated rings. The van der Waals surface area contributed by atoms with Crippen molar-refractivity contribution in [3.05, 3.63) is 36.4 Å². The molecule has 5 N–H and O–H groups in total. The first-order valence-electron chi connectivity index (χ1n) is 3.74. The molecule has 0 aromatic heterocycles. The molecular weight excluding hydrogens is 211 g/mol. The van der Waals surface area contributed by atoms with Gasteiger partial charge in [-0.25, -0.2) is 0 Å². The van der Waals surface area contributed by atoms with Gasteiger partial charge in [-0.3, -0.25) is 4.79 Å². The van der Waals surface area contributed by atoms with Crippen LogP contribution in [0.2, 0.25) is 0 Å². The molecule has 1 aromatic rings. The van der Waals surface area contributed by atoms with Crippen molar-refractivity contribution in [2.24, 2.45) is 0 Å². The summed E-state index contributed by atoms with van der Waals surface area (Å²) in [5.41, 5.74) is 10.2. The summed E-state index contributed by atoms with van der Waals surface area (Å²) >= 11 is 0. The quantitative estimate of drug-likeness (QED) is 0.438. The summed E-state index contributed by atoms with van der Waals surface area (Å²) in [4.78, 5) is 11.3. The van der Waals surface area contributed by atoms with Crippen molar-refractivity contribution in [2.75, 3.05) is 5.73 Å². The fourth-order valence-corrected chi connectivity index (χ4v) is 0.992. The number of hydrogen-bond donors (Lipinski definition) is 2. The fourth-order valence-electron chi connectivity index (χ4n) is 0.992. The Bertz CT molecular complexity index is 289. The number of nitrogen functional groups attached to an aromatic ring is 1. The van der Waals surface area contributed by atoms with E-state index in [-0.39, 0.29) is 22.6 Å². The number of hydrogen-bond acceptors (Lipinski definition) is 2. The summed E-state index contributed by atoms with van der Waals surface area (Å²) in [6, 6.07) is 7.05. The van der Waals surface area contributed by atoms with Crippen molar-refractivity contribution in [1.29, 1.82) is 0 Å². The molecule has 0 unspecified atom stereocenters. The molecule has 0 heterocycles. The molecule has 0 atom stereocenters. The van der Waals surface area contributed by atoms with Gasteiger partial charge in [-0.05, 0) is 12.1 Å². The van der Waals surface area contributed by atoms with Crippen LogP contribution in [-0.2, 0) is 16.8 Å². The molecule has 0 aliphatic rings. The van der Waals surface area contributed by atoms with Gasteiger partial charge in [-0.1, -0.05) is 18.6 Å². The van der Waals surface area contributed by atoms with Gasteiger partial charge in [-0.2, -0.15) is 0 Å². The van der Waals surface area contributed by atoms with Crippen LogP contribution in [0.15, 0.2) is 24.3 Å². The largest absolute Gasteiger partial charge is 0.487 e. The molecule has 4 heteroatoms. The first-order valence-corrected chi connectivity index (χ1v) is 3.74. The zero-order valence-electron chi connectivity index (χ0n) is 7.12. The third-order valence-corrected chi connectivity index (χ3v) is 1.59. The summed E-state index contributed by atoms with van der Waals surface area (Å²) in [7, 11) is 0. The van der Waals surface area contributed by atoms with Crippen LogP contribution in [0.4, 0.5) is 5.69 Å². The second-order valence-electron chi connectivity index (χ2n) is 2.50. The first kappa shape index (κ1) is 12.2.